The highest BCUT2D eigenvalue weighted by molar-refractivity contribution is 7.09. The van der Waals surface area contributed by atoms with Gasteiger partial charge in [-0.05, 0) is 23.6 Å². The van der Waals surface area contributed by atoms with Crippen LogP contribution in [0.3, 0.4) is 0 Å². The van der Waals surface area contributed by atoms with E-state index in [0.717, 1.165) is 27.8 Å². The predicted octanol–water partition coefficient (Wildman–Crippen LogP) is 3.49. The maximum Gasteiger partial charge on any atom is 0.131 e. The molecule has 4 nitrogen and oxygen atoms in total. The first kappa shape index (κ1) is 15.8. The molecule has 0 saturated carbocycles. The van der Waals surface area contributed by atoms with Crippen molar-refractivity contribution in [3.05, 3.63) is 39.8 Å². The molecule has 1 heterocycles. The van der Waals surface area contributed by atoms with Crippen molar-refractivity contribution < 1.29 is 9.47 Å². The Morgan fingerprint density at radius 2 is 2.05 bits per heavy atom. The van der Waals surface area contributed by atoms with Gasteiger partial charge in [-0.2, -0.15) is 0 Å². The average molecular weight is 306 g/mol. The van der Waals surface area contributed by atoms with Gasteiger partial charge in [0.05, 0.1) is 12.8 Å². The van der Waals surface area contributed by atoms with Gasteiger partial charge in [-0.1, -0.05) is 20.8 Å². The van der Waals surface area contributed by atoms with E-state index in [9.17, 15) is 0 Å². The summed E-state index contributed by atoms with van der Waals surface area (Å²) in [6.45, 7) is 7.39. The van der Waals surface area contributed by atoms with E-state index in [0.29, 0.717) is 13.2 Å². The molecule has 0 unspecified atom stereocenters. The van der Waals surface area contributed by atoms with Crippen molar-refractivity contribution in [1.29, 1.82) is 0 Å². The van der Waals surface area contributed by atoms with E-state index in [1.54, 1.807) is 18.4 Å². The van der Waals surface area contributed by atoms with E-state index in [2.05, 4.69) is 25.8 Å². The van der Waals surface area contributed by atoms with Crippen LogP contribution in [0.1, 0.15) is 37.0 Å². The lowest BCUT2D eigenvalue weighted by atomic mass is 9.86. The Balaban J connectivity index is 2.19. The van der Waals surface area contributed by atoms with Crippen LogP contribution < -0.4 is 15.2 Å². The number of thiazole rings is 1. The Kier molecular flexibility index (Phi) is 4.85. The third-order valence-electron chi connectivity index (χ3n) is 3.14. The zero-order valence-electron chi connectivity index (χ0n) is 13.0. The quantitative estimate of drug-likeness (QED) is 0.918. The van der Waals surface area contributed by atoms with Crippen LogP contribution in [0, 0.1) is 0 Å². The van der Waals surface area contributed by atoms with Crippen molar-refractivity contribution in [1.82, 2.24) is 4.98 Å². The fourth-order valence-corrected chi connectivity index (χ4v) is 2.67. The van der Waals surface area contributed by atoms with Gasteiger partial charge in [0, 0.05) is 17.5 Å². The van der Waals surface area contributed by atoms with Crippen molar-refractivity contribution >= 4 is 11.3 Å². The zero-order valence-corrected chi connectivity index (χ0v) is 13.8. The van der Waals surface area contributed by atoms with E-state index in [1.807, 2.05) is 23.6 Å². The molecule has 2 rings (SSSR count). The van der Waals surface area contributed by atoms with Gasteiger partial charge in [-0.25, -0.2) is 4.98 Å². The molecule has 0 spiro atoms. The second kappa shape index (κ2) is 6.45. The van der Waals surface area contributed by atoms with Gasteiger partial charge in [0.1, 0.15) is 23.1 Å². The average Bonchev–Trinajstić information content (AvgIpc) is 2.92. The normalized spacial score (nSPS) is 11.5. The van der Waals surface area contributed by atoms with Crippen LogP contribution in [-0.2, 0) is 18.6 Å². The summed E-state index contributed by atoms with van der Waals surface area (Å²) in [6.07, 6.45) is 0. The summed E-state index contributed by atoms with van der Waals surface area (Å²) in [4.78, 5) is 4.41. The summed E-state index contributed by atoms with van der Waals surface area (Å²) in [6, 6.07) is 5.90. The molecule has 0 bridgehead atoms. The summed E-state index contributed by atoms with van der Waals surface area (Å²) in [7, 11) is 1.67. The van der Waals surface area contributed by atoms with Crippen molar-refractivity contribution in [2.24, 2.45) is 5.73 Å². The number of benzene rings is 1. The standard InChI is InChI=1S/C16H22N2O2S/c1-16(2,3)13-7-12(19-4)5-6-14(13)20-9-11-10-21-15(8-17)18-11/h5-7,10H,8-9,17H2,1-4H3. The highest BCUT2D eigenvalue weighted by Gasteiger charge is 2.20. The molecule has 21 heavy (non-hydrogen) atoms. The Hall–Kier alpha value is -1.59. The van der Waals surface area contributed by atoms with Crippen molar-refractivity contribution in [2.75, 3.05) is 7.11 Å². The molecule has 5 heteroatoms. The van der Waals surface area contributed by atoms with Crippen molar-refractivity contribution in [3.8, 4) is 11.5 Å². The van der Waals surface area contributed by atoms with Crippen LogP contribution in [0.4, 0.5) is 0 Å². The summed E-state index contributed by atoms with van der Waals surface area (Å²) < 4.78 is 11.3. The Bertz CT molecular complexity index is 603. The number of nitrogens with zero attached hydrogens (tertiary/aromatic N) is 1. The molecule has 0 aliphatic rings. The molecular weight excluding hydrogens is 284 g/mol. The van der Waals surface area contributed by atoms with Gasteiger partial charge in [-0.15, -0.1) is 11.3 Å². The number of methoxy groups -OCH3 is 1. The van der Waals surface area contributed by atoms with Gasteiger partial charge in [0.2, 0.25) is 0 Å². The summed E-state index contributed by atoms with van der Waals surface area (Å²) >= 11 is 1.56. The first-order valence-electron chi connectivity index (χ1n) is 6.88. The fraction of sp³-hybridized carbons (Fsp3) is 0.438. The monoisotopic (exact) mass is 306 g/mol. The lowest BCUT2D eigenvalue weighted by molar-refractivity contribution is 0.292. The third kappa shape index (κ3) is 3.95. The second-order valence-corrected chi connectivity index (χ2v) is 6.78. The molecule has 0 atom stereocenters. The molecule has 0 saturated heterocycles. The first-order valence-corrected chi connectivity index (χ1v) is 7.76. The minimum Gasteiger partial charge on any atom is -0.497 e. The molecule has 1 aromatic heterocycles. The molecule has 0 radical (unpaired) electrons. The molecular formula is C16H22N2O2S. The Labute approximate surface area is 129 Å². The number of hydrogen-bond donors (Lipinski definition) is 1. The van der Waals surface area contributed by atoms with Crippen LogP contribution in [0.5, 0.6) is 11.5 Å². The molecule has 2 N–H and O–H groups in total. The van der Waals surface area contributed by atoms with E-state index in [4.69, 9.17) is 15.2 Å². The molecule has 1 aromatic carbocycles. The number of hydrogen-bond acceptors (Lipinski definition) is 5. The van der Waals surface area contributed by atoms with Crippen LogP contribution in [0.15, 0.2) is 23.6 Å². The third-order valence-corrected chi connectivity index (χ3v) is 4.06. The summed E-state index contributed by atoms with van der Waals surface area (Å²) in [5.74, 6) is 1.71. The highest BCUT2D eigenvalue weighted by atomic mass is 32.1. The van der Waals surface area contributed by atoms with Crippen LogP contribution >= 0.6 is 11.3 Å². The molecule has 0 aliphatic heterocycles. The number of rotatable bonds is 5. The minimum atomic E-state index is -0.0195. The Morgan fingerprint density at radius 3 is 2.62 bits per heavy atom. The topological polar surface area (TPSA) is 57.4 Å². The van der Waals surface area contributed by atoms with Gasteiger partial charge in [0.25, 0.3) is 0 Å². The smallest absolute Gasteiger partial charge is 0.131 e. The fourth-order valence-electron chi connectivity index (χ4n) is 2.01. The lowest BCUT2D eigenvalue weighted by Gasteiger charge is -2.23. The molecule has 0 fully saturated rings. The summed E-state index contributed by atoms with van der Waals surface area (Å²) in [5, 5.41) is 2.92. The van der Waals surface area contributed by atoms with Crippen LogP contribution in [0.25, 0.3) is 0 Å². The zero-order chi connectivity index (χ0) is 15.5. The van der Waals surface area contributed by atoms with E-state index < -0.39 is 0 Å². The number of nitrogens with two attached hydrogens (primary N) is 1. The number of ether oxygens (including phenoxy) is 2. The molecule has 2 aromatic rings. The minimum absolute atomic E-state index is 0.0195. The predicted molar refractivity (Wildman–Crippen MR) is 86.0 cm³/mol. The maximum absolute atomic E-state index is 5.95. The van der Waals surface area contributed by atoms with Gasteiger partial charge in [0.15, 0.2) is 0 Å². The van der Waals surface area contributed by atoms with Crippen molar-refractivity contribution in [3.63, 3.8) is 0 Å². The maximum atomic E-state index is 5.95. The van der Waals surface area contributed by atoms with Crippen molar-refractivity contribution in [2.45, 2.75) is 39.3 Å². The second-order valence-electron chi connectivity index (χ2n) is 5.84. The van der Waals surface area contributed by atoms with Gasteiger partial charge in [-0.3, -0.25) is 0 Å². The van der Waals surface area contributed by atoms with E-state index in [1.165, 1.54) is 0 Å². The molecule has 0 amide bonds. The largest absolute Gasteiger partial charge is 0.497 e. The van der Waals surface area contributed by atoms with Crippen LogP contribution in [-0.4, -0.2) is 12.1 Å². The SMILES string of the molecule is COc1ccc(OCc2csc(CN)n2)c(C(C)(C)C)c1. The molecule has 114 valence electrons. The first-order chi connectivity index (χ1) is 9.94. The lowest BCUT2D eigenvalue weighted by Crippen LogP contribution is -2.13. The van der Waals surface area contributed by atoms with Gasteiger partial charge >= 0.3 is 0 Å². The molecule has 0 aliphatic carbocycles. The van der Waals surface area contributed by atoms with E-state index in [-0.39, 0.29) is 5.41 Å². The highest BCUT2D eigenvalue weighted by Crippen LogP contribution is 2.34. The number of aromatic nitrogens is 1. The Morgan fingerprint density at radius 1 is 1.29 bits per heavy atom. The van der Waals surface area contributed by atoms with Crippen LogP contribution in [0.2, 0.25) is 0 Å². The summed E-state index contributed by atoms with van der Waals surface area (Å²) in [5.41, 5.74) is 7.59. The van der Waals surface area contributed by atoms with Gasteiger partial charge < -0.3 is 15.2 Å². The van der Waals surface area contributed by atoms with E-state index >= 15 is 0 Å².